The number of aryl methyl sites for hydroxylation is 2. The van der Waals surface area contributed by atoms with Crippen molar-refractivity contribution in [1.82, 2.24) is 9.55 Å². The molecule has 2 rings (SSSR count). The highest BCUT2D eigenvalue weighted by atomic mass is 32.1. The first-order valence-corrected chi connectivity index (χ1v) is 6.56. The topological polar surface area (TPSA) is 17.8 Å². The Kier molecular flexibility index (Phi) is 3.15. The van der Waals surface area contributed by atoms with Crippen molar-refractivity contribution >= 4 is 11.3 Å². The molecule has 0 saturated heterocycles. The van der Waals surface area contributed by atoms with E-state index in [-0.39, 0.29) is 0 Å². The van der Waals surface area contributed by atoms with Crippen LogP contribution in [0.1, 0.15) is 34.4 Å². The first-order valence-electron chi connectivity index (χ1n) is 5.68. The molecule has 0 bridgehead atoms. The summed E-state index contributed by atoms with van der Waals surface area (Å²) in [7, 11) is 0. The maximum atomic E-state index is 4.60. The van der Waals surface area contributed by atoms with Crippen molar-refractivity contribution in [3.8, 4) is 0 Å². The van der Waals surface area contributed by atoms with Gasteiger partial charge in [-0.15, -0.1) is 11.3 Å². The van der Waals surface area contributed by atoms with Crippen molar-refractivity contribution in [2.24, 2.45) is 0 Å². The second-order valence-electron chi connectivity index (χ2n) is 4.24. The highest BCUT2D eigenvalue weighted by Gasteiger charge is 2.07. The van der Waals surface area contributed by atoms with Gasteiger partial charge in [-0.2, -0.15) is 0 Å². The first kappa shape index (κ1) is 11.4. The van der Waals surface area contributed by atoms with Crippen LogP contribution in [0.3, 0.4) is 0 Å². The molecule has 0 atom stereocenters. The smallest absolute Gasteiger partial charge is 0.0926 e. The van der Waals surface area contributed by atoms with Crippen LogP contribution in [0.4, 0.5) is 0 Å². The Labute approximate surface area is 101 Å². The summed E-state index contributed by atoms with van der Waals surface area (Å²) in [5.74, 6) is 0. The van der Waals surface area contributed by atoms with Gasteiger partial charge in [-0.3, -0.25) is 0 Å². The Morgan fingerprint density at radius 1 is 1.31 bits per heavy atom. The molecule has 0 unspecified atom stereocenters. The Morgan fingerprint density at radius 2 is 2.06 bits per heavy atom. The van der Waals surface area contributed by atoms with E-state index in [0.29, 0.717) is 0 Å². The van der Waals surface area contributed by atoms with Crippen LogP contribution >= 0.6 is 11.3 Å². The van der Waals surface area contributed by atoms with Gasteiger partial charge < -0.3 is 4.57 Å². The van der Waals surface area contributed by atoms with E-state index >= 15 is 0 Å². The highest BCUT2D eigenvalue weighted by molar-refractivity contribution is 7.09. The van der Waals surface area contributed by atoms with Crippen LogP contribution in [0, 0.1) is 20.8 Å². The van der Waals surface area contributed by atoms with E-state index in [0.717, 1.165) is 13.0 Å². The number of aromatic nitrogens is 2. The fourth-order valence-electron chi connectivity index (χ4n) is 1.85. The predicted octanol–water partition coefficient (Wildman–Crippen LogP) is 3.48. The van der Waals surface area contributed by atoms with Crippen molar-refractivity contribution in [2.75, 3.05) is 0 Å². The molecule has 86 valence electrons. The van der Waals surface area contributed by atoms with Gasteiger partial charge in [0.05, 0.1) is 17.2 Å². The molecule has 2 aromatic rings. The summed E-state index contributed by atoms with van der Waals surface area (Å²) in [4.78, 5) is 4.60. The van der Waals surface area contributed by atoms with E-state index in [1.807, 2.05) is 0 Å². The molecule has 0 aliphatic heterocycles. The normalized spacial score (nSPS) is 11.0. The number of nitrogens with zero attached hydrogens (tertiary/aromatic N) is 2. The van der Waals surface area contributed by atoms with Crippen molar-refractivity contribution in [2.45, 2.75) is 40.7 Å². The molecule has 2 heterocycles. The quantitative estimate of drug-likeness (QED) is 0.795. The molecule has 0 N–H and O–H groups in total. The molecule has 0 aromatic carbocycles. The standard InChI is InChI=1S/C13H18N2S/c1-5-13-14-12(8-16-13)7-15-6-9(2)10(3)11(15)4/h6,8H,5,7H2,1-4H3. The van der Waals surface area contributed by atoms with Crippen LogP contribution in [0.15, 0.2) is 11.6 Å². The molecule has 0 fully saturated rings. The molecule has 0 saturated carbocycles. The van der Waals surface area contributed by atoms with Crippen LogP contribution in [0.25, 0.3) is 0 Å². The molecule has 2 nitrogen and oxygen atoms in total. The predicted molar refractivity (Wildman–Crippen MR) is 69.2 cm³/mol. The number of hydrogen-bond acceptors (Lipinski definition) is 2. The zero-order chi connectivity index (χ0) is 11.7. The fourth-order valence-corrected chi connectivity index (χ4v) is 2.59. The van der Waals surface area contributed by atoms with Gasteiger partial charge in [-0.1, -0.05) is 6.92 Å². The molecule has 0 aliphatic rings. The van der Waals surface area contributed by atoms with Gasteiger partial charge >= 0.3 is 0 Å². The van der Waals surface area contributed by atoms with Crippen LogP contribution in [0.2, 0.25) is 0 Å². The van der Waals surface area contributed by atoms with Crippen LogP contribution < -0.4 is 0 Å². The Bertz CT molecular complexity index is 494. The highest BCUT2D eigenvalue weighted by Crippen LogP contribution is 2.17. The van der Waals surface area contributed by atoms with Crippen LogP contribution in [0.5, 0.6) is 0 Å². The minimum absolute atomic E-state index is 0.900. The third-order valence-electron chi connectivity index (χ3n) is 3.15. The van der Waals surface area contributed by atoms with E-state index in [1.165, 1.54) is 27.5 Å². The van der Waals surface area contributed by atoms with E-state index in [2.05, 4.69) is 48.8 Å². The van der Waals surface area contributed by atoms with Gasteiger partial charge in [0.1, 0.15) is 0 Å². The monoisotopic (exact) mass is 234 g/mol. The van der Waals surface area contributed by atoms with E-state index in [1.54, 1.807) is 11.3 Å². The Hall–Kier alpha value is -1.09. The second kappa shape index (κ2) is 4.42. The molecule has 0 radical (unpaired) electrons. The third kappa shape index (κ3) is 2.05. The van der Waals surface area contributed by atoms with E-state index in [4.69, 9.17) is 0 Å². The van der Waals surface area contributed by atoms with Crippen molar-refractivity contribution in [3.63, 3.8) is 0 Å². The molecule has 3 heteroatoms. The summed E-state index contributed by atoms with van der Waals surface area (Å²) in [5, 5.41) is 3.40. The SMILES string of the molecule is CCc1nc(Cn2cc(C)c(C)c2C)cs1. The Balaban J connectivity index is 2.23. The Morgan fingerprint density at radius 3 is 2.56 bits per heavy atom. The summed E-state index contributed by atoms with van der Waals surface area (Å²) >= 11 is 1.76. The summed E-state index contributed by atoms with van der Waals surface area (Å²) in [6.45, 7) is 9.57. The van der Waals surface area contributed by atoms with Crippen molar-refractivity contribution in [1.29, 1.82) is 0 Å². The molecular weight excluding hydrogens is 216 g/mol. The largest absolute Gasteiger partial charge is 0.345 e. The van der Waals surface area contributed by atoms with Crippen molar-refractivity contribution in [3.05, 3.63) is 39.1 Å². The lowest BCUT2D eigenvalue weighted by Gasteiger charge is -2.03. The van der Waals surface area contributed by atoms with Gasteiger partial charge in [0.25, 0.3) is 0 Å². The number of rotatable bonds is 3. The van der Waals surface area contributed by atoms with Gasteiger partial charge in [0.15, 0.2) is 0 Å². The second-order valence-corrected chi connectivity index (χ2v) is 5.18. The molecule has 16 heavy (non-hydrogen) atoms. The first-order chi connectivity index (χ1) is 7.61. The van der Waals surface area contributed by atoms with E-state index < -0.39 is 0 Å². The lowest BCUT2D eigenvalue weighted by atomic mass is 10.2. The van der Waals surface area contributed by atoms with Crippen LogP contribution in [-0.2, 0) is 13.0 Å². The fraction of sp³-hybridized carbons (Fsp3) is 0.462. The maximum absolute atomic E-state index is 4.60. The average Bonchev–Trinajstić information content (AvgIpc) is 2.81. The summed E-state index contributed by atoms with van der Waals surface area (Å²) in [6, 6.07) is 0. The lowest BCUT2D eigenvalue weighted by Crippen LogP contribution is -2.01. The third-order valence-corrected chi connectivity index (χ3v) is 4.19. The van der Waals surface area contributed by atoms with Gasteiger partial charge in [0, 0.05) is 17.3 Å². The van der Waals surface area contributed by atoms with E-state index in [9.17, 15) is 0 Å². The summed E-state index contributed by atoms with van der Waals surface area (Å²) in [6.07, 6.45) is 3.25. The zero-order valence-electron chi connectivity index (χ0n) is 10.4. The minimum Gasteiger partial charge on any atom is -0.345 e. The van der Waals surface area contributed by atoms with Crippen LogP contribution in [-0.4, -0.2) is 9.55 Å². The maximum Gasteiger partial charge on any atom is 0.0926 e. The number of thiazole rings is 1. The zero-order valence-corrected chi connectivity index (χ0v) is 11.2. The minimum atomic E-state index is 0.900. The average molecular weight is 234 g/mol. The molecule has 0 amide bonds. The summed E-state index contributed by atoms with van der Waals surface area (Å²) < 4.78 is 2.29. The van der Waals surface area contributed by atoms with Gasteiger partial charge in [-0.05, 0) is 38.3 Å². The molecule has 0 aliphatic carbocycles. The van der Waals surface area contributed by atoms with Gasteiger partial charge in [-0.25, -0.2) is 4.98 Å². The molecule has 0 spiro atoms. The molecule has 2 aromatic heterocycles. The molecular formula is C13H18N2S. The van der Waals surface area contributed by atoms with Crippen molar-refractivity contribution < 1.29 is 0 Å². The number of hydrogen-bond donors (Lipinski definition) is 0. The van der Waals surface area contributed by atoms with Gasteiger partial charge in [0.2, 0.25) is 0 Å². The lowest BCUT2D eigenvalue weighted by molar-refractivity contribution is 0.752. The summed E-state index contributed by atoms with van der Waals surface area (Å²) in [5.41, 5.74) is 5.29.